The third-order valence-corrected chi connectivity index (χ3v) is 1.25. The topological polar surface area (TPSA) is 96.8 Å². The van der Waals surface area contributed by atoms with E-state index in [1.54, 1.807) is 14.2 Å². The van der Waals surface area contributed by atoms with E-state index in [4.69, 9.17) is 20.9 Å². The number of hydrogen-bond acceptors (Lipinski definition) is 5. The van der Waals surface area contributed by atoms with Crippen LogP contribution in [-0.4, -0.2) is 53.1 Å². The normalized spacial score (nSPS) is 8.53. The first kappa shape index (κ1) is 21.6. The predicted molar refractivity (Wildman–Crippen MR) is 68.8 cm³/mol. The zero-order chi connectivity index (χ0) is 13.9. The molecular formula is C11H28N2O4. The highest BCUT2D eigenvalue weighted by Crippen LogP contribution is 1.80. The third kappa shape index (κ3) is 39.3. The van der Waals surface area contributed by atoms with E-state index in [1.807, 2.05) is 13.8 Å². The lowest BCUT2D eigenvalue weighted by Gasteiger charge is -1.99. The van der Waals surface area contributed by atoms with Crippen LogP contribution in [0.3, 0.4) is 0 Å². The van der Waals surface area contributed by atoms with E-state index >= 15 is 0 Å². The number of nitrogens with two attached hydrogens (primary N) is 2. The van der Waals surface area contributed by atoms with Crippen molar-refractivity contribution in [2.45, 2.75) is 20.3 Å². The number of primary amides is 1. The van der Waals surface area contributed by atoms with E-state index in [-0.39, 0.29) is 12.3 Å². The Hall–Kier alpha value is -0.690. The number of ether oxygens (including phenoxy) is 3. The lowest BCUT2D eigenvalue weighted by atomic mass is 10.4. The minimum Gasteiger partial charge on any atom is -0.383 e. The van der Waals surface area contributed by atoms with Crippen molar-refractivity contribution in [3.8, 4) is 0 Å². The second-order valence-corrected chi connectivity index (χ2v) is 2.60. The molecule has 0 heterocycles. The highest BCUT2D eigenvalue weighted by molar-refractivity contribution is 5.73. The van der Waals surface area contributed by atoms with Gasteiger partial charge in [-0.15, -0.1) is 0 Å². The summed E-state index contributed by atoms with van der Waals surface area (Å²) < 4.78 is 14.2. The summed E-state index contributed by atoms with van der Waals surface area (Å²) >= 11 is 0. The minimum atomic E-state index is -0.336. The highest BCUT2D eigenvalue weighted by atomic mass is 16.5. The Morgan fingerprint density at radius 2 is 1.53 bits per heavy atom. The van der Waals surface area contributed by atoms with Crippen LogP contribution >= 0.6 is 0 Å². The largest absolute Gasteiger partial charge is 0.383 e. The summed E-state index contributed by atoms with van der Waals surface area (Å²) in [4.78, 5) is 10.1. The molecule has 0 aliphatic heterocycles. The van der Waals surface area contributed by atoms with Gasteiger partial charge in [0, 0.05) is 27.2 Å². The zero-order valence-corrected chi connectivity index (χ0v) is 11.5. The van der Waals surface area contributed by atoms with Crippen LogP contribution in [-0.2, 0) is 19.0 Å². The van der Waals surface area contributed by atoms with Crippen molar-refractivity contribution in [3.05, 3.63) is 0 Å². The lowest BCUT2D eigenvalue weighted by molar-refractivity contribution is -0.119. The summed E-state index contributed by atoms with van der Waals surface area (Å²) in [6.07, 6.45) is 0.281. The molecule has 6 heteroatoms. The van der Waals surface area contributed by atoms with Crippen LogP contribution in [0.2, 0.25) is 0 Å². The fraction of sp³-hybridized carbons (Fsp3) is 0.909. The summed E-state index contributed by atoms with van der Waals surface area (Å²) in [5, 5.41) is 0. The first-order valence-corrected chi connectivity index (χ1v) is 5.73. The molecule has 17 heavy (non-hydrogen) atoms. The molecule has 0 aliphatic carbocycles. The molecule has 0 rings (SSSR count). The van der Waals surface area contributed by atoms with Gasteiger partial charge in [0.25, 0.3) is 0 Å². The monoisotopic (exact) mass is 252 g/mol. The minimum absolute atomic E-state index is 0.281. The van der Waals surface area contributed by atoms with Gasteiger partial charge in [-0.1, -0.05) is 13.8 Å². The molecule has 0 aromatic heterocycles. The molecule has 0 atom stereocenters. The van der Waals surface area contributed by atoms with Crippen molar-refractivity contribution >= 4 is 5.91 Å². The van der Waals surface area contributed by atoms with Crippen molar-refractivity contribution in [2.75, 3.05) is 47.2 Å². The standard InChI is InChI=1S/C6H13NO3.C3H9NO.C2H6/c1-9-4-5-10-3-2-6(7)8;1-5-3-2-4;1-2/h2-5H2,1H3,(H2,7,8);2-4H2,1H3;1-2H3. The Bertz CT molecular complexity index is 133. The van der Waals surface area contributed by atoms with Gasteiger partial charge >= 0.3 is 0 Å². The summed E-state index contributed by atoms with van der Waals surface area (Å²) in [6, 6.07) is 0. The van der Waals surface area contributed by atoms with Gasteiger partial charge in [0.1, 0.15) is 0 Å². The second-order valence-electron chi connectivity index (χ2n) is 2.60. The van der Waals surface area contributed by atoms with Gasteiger partial charge in [-0.2, -0.15) is 0 Å². The SMILES string of the molecule is CC.COCCN.COCCOCCC(N)=O. The number of carbonyl (C=O) groups is 1. The smallest absolute Gasteiger partial charge is 0.219 e. The third-order valence-electron chi connectivity index (χ3n) is 1.25. The molecule has 0 spiro atoms. The molecule has 106 valence electrons. The Kier molecular flexibility index (Phi) is 31.1. The number of methoxy groups -OCH3 is 2. The van der Waals surface area contributed by atoms with Gasteiger partial charge in [0.2, 0.25) is 5.91 Å². The molecule has 0 aromatic carbocycles. The van der Waals surface area contributed by atoms with Gasteiger partial charge in [0.15, 0.2) is 0 Å². The van der Waals surface area contributed by atoms with Crippen molar-refractivity contribution < 1.29 is 19.0 Å². The Balaban J connectivity index is -0.000000236. The summed E-state index contributed by atoms with van der Waals surface area (Å²) in [7, 11) is 3.23. The number of rotatable bonds is 8. The zero-order valence-electron chi connectivity index (χ0n) is 11.5. The summed E-state index contributed by atoms with van der Waals surface area (Å²) in [5.74, 6) is -0.336. The Labute approximate surface area is 105 Å². The van der Waals surface area contributed by atoms with Crippen LogP contribution < -0.4 is 11.5 Å². The van der Waals surface area contributed by atoms with Crippen molar-refractivity contribution in [2.24, 2.45) is 11.5 Å². The molecule has 0 fully saturated rings. The molecular weight excluding hydrogens is 224 g/mol. The van der Waals surface area contributed by atoms with E-state index in [0.29, 0.717) is 33.0 Å². The molecule has 0 radical (unpaired) electrons. The van der Waals surface area contributed by atoms with Gasteiger partial charge in [0.05, 0.1) is 26.4 Å². The first-order valence-electron chi connectivity index (χ1n) is 5.73. The van der Waals surface area contributed by atoms with E-state index in [1.165, 1.54) is 0 Å². The quantitative estimate of drug-likeness (QED) is 0.599. The molecule has 4 N–H and O–H groups in total. The summed E-state index contributed by atoms with van der Waals surface area (Å²) in [6.45, 7) is 6.75. The number of amides is 1. The maximum absolute atomic E-state index is 10.1. The van der Waals surface area contributed by atoms with Gasteiger partial charge in [-0.05, 0) is 0 Å². The molecule has 0 unspecified atom stereocenters. The van der Waals surface area contributed by atoms with Gasteiger partial charge in [-0.3, -0.25) is 4.79 Å². The Morgan fingerprint density at radius 3 is 1.82 bits per heavy atom. The predicted octanol–water partition coefficient (Wildman–Crippen LogP) is 0.143. The maximum Gasteiger partial charge on any atom is 0.219 e. The van der Waals surface area contributed by atoms with Crippen molar-refractivity contribution in [3.63, 3.8) is 0 Å². The average molecular weight is 252 g/mol. The van der Waals surface area contributed by atoms with E-state index < -0.39 is 0 Å². The molecule has 0 saturated carbocycles. The molecule has 1 amide bonds. The van der Waals surface area contributed by atoms with Crippen LogP contribution in [0.5, 0.6) is 0 Å². The fourth-order valence-corrected chi connectivity index (χ4v) is 0.535. The average Bonchev–Trinajstić information content (AvgIpc) is 2.33. The van der Waals surface area contributed by atoms with Gasteiger partial charge < -0.3 is 25.7 Å². The Morgan fingerprint density at radius 1 is 1.00 bits per heavy atom. The van der Waals surface area contributed by atoms with Crippen LogP contribution in [0.15, 0.2) is 0 Å². The molecule has 0 aliphatic rings. The number of carbonyl (C=O) groups excluding carboxylic acids is 1. The maximum atomic E-state index is 10.1. The second kappa shape index (κ2) is 24.5. The molecule has 6 nitrogen and oxygen atoms in total. The van der Waals surface area contributed by atoms with E-state index in [9.17, 15) is 4.79 Å². The highest BCUT2D eigenvalue weighted by Gasteiger charge is 1.92. The fourth-order valence-electron chi connectivity index (χ4n) is 0.535. The lowest BCUT2D eigenvalue weighted by Crippen LogP contribution is -2.14. The van der Waals surface area contributed by atoms with Crippen LogP contribution in [0.4, 0.5) is 0 Å². The summed E-state index contributed by atoms with van der Waals surface area (Å²) in [5.41, 5.74) is 9.87. The van der Waals surface area contributed by atoms with E-state index in [0.717, 1.165) is 0 Å². The number of hydrogen-bond donors (Lipinski definition) is 2. The molecule has 0 saturated heterocycles. The van der Waals surface area contributed by atoms with Gasteiger partial charge in [-0.25, -0.2) is 0 Å². The van der Waals surface area contributed by atoms with Crippen LogP contribution in [0, 0.1) is 0 Å². The first-order chi connectivity index (χ1) is 8.18. The van der Waals surface area contributed by atoms with Crippen LogP contribution in [0.25, 0.3) is 0 Å². The van der Waals surface area contributed by atoms with Crippen molar-refractivity contribution in [1.82, 2.24) is 0 Å². The van der Waals surface area contributed by atoms with E-state index in [2.05, 4.69) is 4.74 Å². The van der Waals surface area contributed by atoms with Crippen LogP contribution in [0.1, 0.15) is 20.3 Å². The molecule has 0 aromatic rings. The van der Waals surface area contributed by atoms with Crippen molar-refractivity contribution in [1.29, 1.82) is 0 Å². The molecule has 0 bridgehead atoms.